The molecule has 1 heterocycles. The fourth-order valence-corrected chi connectivity index (χ4v) is 2.42. The van der Waals surface area contributed by atoms with Crippen molar-refractivity contribution in [2.24, 2.45) is 0 Å². The average molecular weight is 267 g/mol. The first-order valence-corrected chi connectivity index (χ1v) is 7.05. The molecule has 0 spiro atoms. The van der Waals surface area contributed by atoms with Crippen LogP contribution in [0.3, 0.4) is 0 Å². The first kappa shape index (κ1) is 13.4. The third-order valence-electron chi connectivity index (χ3n) is 3.36. The molecule has 0 aliphatic carbocycles. The number of benzene rings is 1. The zero-order chi connectivity index (χ0) is 13.1. The van der Waals surface area contributed by atoms with Gasteiger partial charge in [-0.3, -0.25) is 4.79 Å². The molecule has 1 aliphatic heterocycles. The van der Waals surface area contributed by atoms with Crippen LogP contribution in [0.5, 0.6) is 5.75 Å². The standard InChI is InChI=1S/C15H19ClO2/c1-10(2)12-7-11-5-3-4-6-18-15(11)13(8-12)14(17)9-16/h7-8,10H,3-6,9H2,1-2H3. The highest BCUT2D eigenvalue weighted by molar-refractivity contribution is 6.30. The van der Waals surface area contributed by atoms with Crippen LogP contribution in [0.15, 0.2) is 12.1 Å². The quantitative estimate of drug-likeness (QED) is 0.612. The van der Waals surface area contributed by atoms with Crippen molar-refractivity contribution in [1.82, 2.24) is 0 Å². The van der Waals surface area contributed by atoms with Gasteiger partial charge in [-0.1, -0.05) is 19.9 Å². The highest BCUT2D eigenvalue weighted by Crippen LogP contribution is 2.32. The van der Waals surface area contributed by atoms with Crippen LogP contribution >= 0.6 is 11.6 Å². The molecule has 2 rings (SSSR count). The average Bonchev–Trinajstić information content (AvgIpc) is 2.61. The van der Waals surface area contributed by atoms with E-state index in [-0.39, 0.29) is 11.7 Å². The number of aryl methyl sites for hydroxylation is 1. The first-order valence-electron chi connectivity index (χ1n) is 6.52. The van der Waals surface area contributed by atoms with Gasteiger partial charge < -0.3 is 4.74 Å². The van der Waals surface area contributed by atoms with E-state index in [0.717, 1.165) is 30.6 Å². The van der Waals surface area contributed by atoms with Crippen LogP contribution in [0.1, 0.15) is 54.1 Å². The number of carbonyl (C=O) groups excluding carboxylic acids is 1. The van der Waals surface area contributed by atoms with Gasteiger partial charge in [0.25, 0.3) is 0 Å². The van der Waals surface area contributed by atoms with Crippen LogP contribution in [-0.2, 0) is 6.42 Å². The van der Waals surface area contributed by atoms with Crippen molar-refractivity contribution < 1.29 is 9.53 Å². The number of carbonyl (C=O) groups is 1. The largest absolute Gasteiger partial charge is 0.493 e. The summed E-state index contributed by atoms with van der Waals surface area (Å²) in [5, 5.41) is 0. The SMILES string of the molecule is CC(C)c1cc2c(c(C(=O)CCl)c1)OCCCC2. The van der Waals surface area contributed by atoms with Gasteiger partial charge in [0.1, 0.15) is 5.75 Å². The van der Waals surface area contributed by atoms with Crippen molar-refractivity contribution >= 4 is 17.4 Å². The Kier molecular flexibility index (Phi) is 4.28. The summed E-state index contributed by atoms with van der Waals surface area (Å²) in [7, 11) is 0. The lowest BCUT2D eigenvalue weighted by molar-refractivity contribution is 0.101. The minimum absolute atomic E-state index is 0.0113. The Morgan fingerprint density at radius 1 is 1.39 bits per heavy atom. The maximum atomic E-state index is 12.0. The molecule has 0 fully saturated rings. The minimum atomic E-state index is -0.0442. The molecule has 0 unspecified atom stereocenters. The predicted molar refractivity (Wildman–Crippen MR) is 74.0 cm³/mol. The van der Waals surface area contributed by atoms with E-state index >= 15 is 0 Å². The predicted octanol–water partition coefficient (Wildman–Crippen LogP) is 3.95. The van der Waals surface area contributed by atoms with E-state index in [1.54, 1.807) is 0 Å². The Balaban J connectivity index is 2.54. The van der Waals surface area contributed by atoms with Gasteiger partial charge in [-0.25, -0.2) is 0 Å². The number of ether oxygens (including phenoxy) is 1. The van der Waals surface area contributed by atoms with Crippen LogP contribution in [0.25, 0.3) is 0 Å². The third kappa shape index (κ3) is 2.69. The van der Waals surface area contributed by atoms with Gasteiger partial charge in [0, 0.05) is 0 Å². The van der Waals surface area contributed by atoms with Gasteiger partial charge in [0.05, 0.1) is 18.1 Å². The third-order valence-corrected chi connectivity index (χ3v) is 3.61. The van der Waals surface area contributed by atoms with E-state index in [2.05, 4.69) is 19.9 Å². The molecule has 1 aliphatic rings. The molecule has 1 aromatic rings. The van der Waals surface area contributed by atoms with Gasteiger partial charge in [-0.05, 0) is 42.4 Å². The van der Waals surface area contributed by atoms with Crippen molar-refractivity contribution in [3.63, 3.8) is 0 Å². The lowest BCUT2D eigenvalue weighted by Crippen LogP contribution is -2.08. The van der Waals surface area contributed by atoms with Crippen molar-refractivity contribution in [1.29, 1.82) is 0 Å². The van der Waals surface area contributed by atoms with Gasteiger partial charge >= 0.3 is 0 Å². The zero-order valence-corrected chi connectivity index (χ0v) is 11.7. The molecular formula is C15H19ClO2. The molecule has 98 valence electrons. The van der Waals surface area contributed by atoms with Crippen LogP contribution in [0.2, 0.25) is 0 Å². The minimum Gasteiger partial charge on any atom is -0.493 e. The molecule has 0 aromatic heterocycles. The maximum absolute atomic E-state index is 12.0. The van der Waals surface area contributed by atoms with Crippen molar-refractivity contribution in [3.05, 3.63) is 28.8 Å². The zero-order valence-electron chi connectivity index (χ0n) is 11.0. The Labute approximate surface area is 113 Å². The Morgan fingerprint density at radius 3 is 2.83 bits per heavy atom. The fourth-order valence-electron chi connectivity index (χ4n) is 2.27. The molecule has 2 nitrogen and oxygen atoms in total. The Morgan fingerprint density at radius 2 is 2.17 bits per heavy atom. The lowest BCUT2D eigenvalue weighted by Gasteiger charge is -2.15. The van der Waals surface area contributed by atoms with E-state index in [1.165, 1.54) is 5.56 Å². The van der Waals surface area contributed by atoms with E-state index in [4.69, 9.17) is 16.3 Å². The molecule has 0 atom stereocenters. The molecule has 0 amide bonds. The molecule has 1 aromatic carbocycles. The van der Waals surface area contributed by atoms with Crippen molar-refractivity contribution in [2.75, 3.05) is 12.5 Å². The van der Waals surface area contributed by atoms with Crippen LogP contribution in [-0.4, -0.2) is 18.3 Å². The number of hydrogen-bond acceptors (Lipinski definition) is 2. The topological polar surface area (TPSA) is 26.3 Å². The van der Waals surface area contributed by atoms with Crippen LogP contribution < -0.4 is 4.74 Å². The summed E-state index contributed by atoms with van der Waals surface area (Å²) in [6.45, 7) is 4.96. The number of hydrogen-bond donors (Lipinski definition) is 0. The fraction of sp³-hybridized carbons (Fsp3) is 0.533. The van der Waals surface area contributed by atoms with E-state index in [9.17, 15) is 4.79 Å². The molecule has 0 bridgehead atoms. The van der Waals surface area contributed by atoms with Crippen LogP contribution in [0.4, 0.5) is 0 Å². The molecule has 0 N–H and O–H groups in total. The molecule has 0 saturated heterocycles. The van der Waals surface area contributed by atoms with Gasteiger partial charge in [-0.15, -0.1) is 11.6 Å². The Bertz CT molecular complexity index is 452. The van der Waals surface area contributed by atoms with Gasteiger partial charge in [0.15, 0.2) is 5.78 Å². The Hall–Kier alpha value is -1.02. The summed E-state index contributed by atoms with van der Waals surface area (Å²) >= 11 is 5.70. The molecule has 0 saturated carbocycles. The number of alkyl halides is 1. The molecule has 0 radical (unpaired) electrons. The second kappa shape index (κ2) is 5.75. The van der Waals surface area contributed by atoms with E-state index < -0.39 is 0 Å². The summed E-state index contributed by atoms with van der Waals surface area (Å²) in [4.78, 5) is 12.0. The second-order valence-corrected chi connectivity index (χ2v) is 5.34. The summed E-state index contributed by atoms with van der Waals surface area (Å²) in [5.74, 6) is 1.14. The monoisotopic (exact) mass is 266 g/mol. The summed E-state index contributed by atoms with van der Waals surface area (Å²) < 4.78 is 5.76. The molecular weight excluding hydrogens is 248 g/mol. The lowest BCUT2D eigenvalue weighted by atomic mass is 9.93. The summed E-state index contributed by atoms with van der Waals surface area (Å²) in [5.41, 5.74) is 3.01. The normalized spacial score (nSPS) is 14.9. The summed E-state index contributed by atoms with van der Waals surface area (Å²) in [6.07, 6.45) is 3.14. The highest BCUT2D eigenvalue weighted by Gasteiger charge is 2.20. The van der Waals surface area contributed by atoms with Crippen molar-refractivity contribution in [2.45, 2.75) is 39.0 Å². The first-order chi connectivity index (χ1) is 8.63. The number of Topliss-reactive ketones (excluding diaryl/α,β-unsaturated/α-hetero) is 1. The highest BCUT2D eigenvalue weighted by atomic mass is 35.5. The summed E-state index contributed by atoms with van der Waals surface area (Å²) in [6, 6.07) is 4.12. The van der Waals surface area contributed by atoms with Crippen molar-refractivity contribution in [3.8, 4) is 5.75 Å². The second-order valence-electron chi connectivity index (χ2n) is 5.07. The van der Waals surface area contributed by atoms with E-state index in [0.29, 0.717) is 18.1 Å². The molecule has 3 heteroatoms. The number of fused-ring (bicyclic) bond motifs is 1. The maximum Gasteiger partial charge on any atom is 0.181 e. The number of rotatable bonds is 3. The van der Waals surface area contributed by atoms with Gasteiger partial charge in [-0.2, -0.15) is 0 Å². The van der Waals surface area contributed by atoms with Crippen LogP contribution in [0, 0.1) is 0 Å². The van der Waals surface area contributed by atoms with Gasteiger partial charge in [0.2, 0.25) is 0 Å². The van der Waals surface area contributed by atoms with E-state index in [1.807, 2.05) is 6.07 Å². The smallest absolute Gasteiger partial charge is 0.181 e. The number of halogens is 1. The number of ketones is 1. The molecule has 18 heavy (non-hydrogen) atoms.